The topological polar surface area (TPSA) is 85.0 Å². The number of nitrogens with zero attached hydrogens (tertiary/aromatic N) is 3. The normalized spacial score (nSPS) is 27.1. The maximum Gasteiger partial charge on any atom is 0.326 e. The Morgan fingerprint density at radius 1 is 1.06 bits per heavy atom. The van der Waals surface area contributed by atoms with Gasteiger partial charge in [0.15, 0.2) is 0 Å². The highest BCUT2D eigenvalue weighted by Gasteiger charge is 2.52. The zero-order chi connectivity index (χ0) is 22.9. The number of benzene rings is 1. The van der Waals surface area contributed by atoms with Gasteiger partial charge >= 0.3 is 6.03 Å². The molecule has 0 bridgehead atoms. The molecule has 32 heavy (non-hydrogen) atoms. The molecule has 1 spiro atoms. The van der Waals surface area contributed by atoms with Gasteiger partial charge in [0.25, 0.3) is 5.91 Å². The fourth-order valence-electron chi connectivity index (χ4n) is 5.08. The number of rotatable bonds is 5. The van der Waals surface area contributed by atoms with Crippen molar-refractivity contribution in [1.29, 1.82) is 0 Å². The first-order valence-corrected chi connectivity index (χ1v) is 11.7. The molecule has 0 radical (unpaired) electrons. The first-order valence-electron chi connectivity index (χ1n) is 11.7. The summed E-state index contributed by atoms with van der Waals surface area (Å²) in [6.07, 6.45) is 3.42. The van der Waals surface area contributed by atoms with Gasteiger partial charge in [0.05, 0.1) is 13.2 Å². The van der Waals surface area contributed by atoms with Crippen LogP contribution < -0.4 is 10.6 Å². The Labute approximate surface area is 190 Å². The van der Waals surface area contributed by atoms with Crippen LogP contribution in [-0.2, 0) is 9.59 Å². The molecule has 8 heteroatoms. The Morgan fingerprint density at radius 3 is 2.28 bits per heavy atom. The zero-order valence-corrected chi connectivity index (χ0v) is 19.4. The summed E-state index contributed by atoms with van der Waals surface area (Å²) >= 11 is 0. The predicted octanol–water partition coefficient (Wildman–Crippen LogP) is 2.32. The fraction of sp³-hybridized carbons (Fsp3) is 0.625. The van der Waals surface area contributed by atoms with E-state index in [1.54, 1.807) is 0 Å². The Bertz CT molecular complexity index is 865. The van der Waals surface area contributed by atoms with Crippen LogP contribution in [0.5, 0.6) is 0 Å². The second-order valence-electron chi connectivity index (χ2n) is 9.78. The third-order valence-corrected chi connectivity index (χ3v) is 7.29. The smallest absolute Gasteiger partial charge is 0.324 e. The van der Waals surface area contributed by atoms with Gasteiger partial charge in [-0.05, 0) is 56.6 Å². The number of urea groups is 1. The number of carbonyl (C=O) groups excluding carboxylic acids is 3. The highest BCUT2D eigenvalue weighted by Crippen LogP contribution is 2.36. The van der Waals surface area contributed by atoms with Gasteiger partial charge in [0.2, 0.25) is 5.91 Å². The van der Waals surface area contributed by atoms with E-state index >= 15 is 0 Å². The maximum absolute atomic E-state index is 13.1. The van der Waals surface area contributed by atoms with Crippen molar-refractivity contribution in [1.82, 2.24) is 20.0 Å². The number of piperazine rings is 1. The Morgan fingerprint density at radius 2 is 1.66 bits per heavy atom. The lowest BCUT2D eigenvalue weighted by molar-refractivity contribution is -0.134. The highest BCUT2D eigenvalue weighted by molar-refractivity contribution is 6.07. The van der Waals surface area contributed by atoms with E-state index in [1.807, 2.05) is 32.0 Å². The molecule has 3 aliphatic rings. The van der Waals surface area contributed by atoms with Crippen molar-refractivity contribution in [3.8, 4) is 0 Å². The molecule has 1 aliphatic carbocycles. The van der Waals surface area contributed by atoms with Gasteiger partial charge in [-0.25, -0.2) is 9.69 Å². The van der Waals surface area contributed by atoms with Gasteiger partial charge in [0, 0.05) is 31.9 Å². The van der Waals surface area contributed by atoms with E-state index < -0.39 is 5.54 Å². The number of amides is 4. The van der Waals surface area contributed by atoms with Gasteiger partial charge in [0.1, 0.15) is 5.54 Å². The summed E-state index contributed by atoms with van der Waals surface area (Å²) in [5, 5.41) is 6.04. The Kier molecular flexibility index (Phi) is 6.53. The molecule has 3 fully saturated rings. The minimum atomic E-state index is -0.683. The monoisotopic (exact) mass is 441 g/mol. The zero-order valence-electron chi connectivity index (χ0n) is 19.4. The second-order valence-corrected chi connectivity index (χ2v) is 9.78. The van der Waals surface area contributed by atoms with Crippen molar-refractivity contribution in [2.24, 2.45) is 5.92 Å². The summed E-state index contributed by atoms with van der Waals surface area (Å²) in [4.78, 5) is 43.8. The molecule has 4 amide bonds. The number of nitrogens with one attached hydrogen (secondary N) is 2. The van der Waals surface area contributed by atoms with Crippen molar-refractivity contribution in [2.45, 2.75) is 52.0 Å². The molecule has 0 atom stereocenters. The quantitative estimate of drug-likeness (QED) is 0.685. The highest BCUT2D eigenvalue weighted by atomic mass is 16.2. The number of carbonyl (C=O) groups is 3. The molecule has 174 valence electrons. The third-order valence-electron chi connectivity index (χ3n) is 7.29. The van der Waals surface area contributed by atoms with Gasteiger partial charge in [-0.15, -0.1) is 0 Å². The molecular formula is C24H35N5O3. The minimum absolute atomic E-state index is 0.0154. The number of hydrogen-bond acceptors (Lipinski definition) is 5. The molecule has 1 aromatic carbocycles. The molecule has 8 nitrogen and oxygen atoms in total. The van der Waals surface area contributed by atoms with E-state index in [0.717, 1.165) is 68.7 Å². The summed E-state index contributed by atoms with van der Waals surface area (Å²) in [5.74, 6) is 0.530. The van der Waals surface area contributed by atoms with E-state index in [4.69, 9.17) is 0 Å². The molecule has 4 rings (SSSR count). The van der Waals surface area contributed by atoms with Crippen LogP contribution in [0.2, 0.25) is 0 Å². The van der Waals surface area contributed by atoms with Gasteiger partial charge < -0.3 is 10.6 Å². The van der Waals surface area contributed by atoms with Crippen molar-refractivity contribution < 1.29 is 14.4 Å². The maximum atomic E-state index is 13.1. The largest absolute Gasteiger partial charge is 0.326 e. The van der Waals surface area contributed by atoms with E-state index in [0.29, 0.717) is 19.1 Å². The van der Waals surface area contributed by atoms with Gasteiger partial charge in [-0.2, -0.15) is 0 Å². The van der Waals surface area contributed by atoms with Crippen LogP contribution in [0.15, 0.2) is 18.2 Å². The summed E-state index contributed by atoms with van der Waals surface area (Å²) < 4.78 is 0. The van der Waals surface area contributed by atoms with E-state index in [9.17, 15) is 14.4 Å². The minimum Gasteiger partial charge on any atom is -0.324 e. The summed E-state index contributed by atoms with van der Waals surface area (Å²) in [7, 11) is 0. The standard InChI is InChI=1S/C24H35N5O3/c1-17-7-9-24(10-8-17)22(31)29(23(32)26-24)16-28-13-11-27(12-14-28)15-20(30)25-21-18(2)5-4-6-19(21)3/h4-6,17H,7-16H2,1-3H3,(H,25,30)(H,26,32). The Balaban J connectivity index is 1.26. The molecule has 2 heterocycles. The van der Waals surface area contributed by atoms with Crippen molar-refractivity contribution in [3.63, 3.8) is 0 Å². The van der Waals surface area contributed by atoms with E-state index in [1.165, 1.54) is 4.90 Å². The summed E-state index contributed by atoms with van der Waals surface area (Å²) in [5.41, 5.74) is 2.32. The lowest BCUT2D eigenvalue weighted by Gasteiger charge is -2.36. The average molecular weight is 442 g/mol. The molecule has 2 N–H and O–H groups in total. The fourth-order valence-corrected chi connectivity index (χ4v) is 5.08. The number of hydrogen-bond donors (Lipinski definition) is 2. The first-order chi connectivity index (χ1) is 15.3. The van der Waals surface area contributed by atoms with Crippen molar-refractivity contribution in [3.05, 3.63) is 29.3 Å². The third kappa shape index (κ3) is 4.66. The SMILES string of the molecule is Cc1cccc(C)c1NC(=O)CN1CCN(CN2C(=O)NC3(CCC(C)CC3)C2=O)CC1. The second kappa shape index (κ2) is 9.19. The van der Waals surface area contributed by atoms with Crippen molar-refractivity contribution >= 4 is 23.5 Å². The average Bonchev–Trinajstić information content (AvgIpc) is 2.98. The molecule has 1 aromatic rings. The Hall–Kier alpha value is -2.45. The van der Waals surface area contributed by atoms with Crippen LogP contribution in [0.3, 0.4) is 0 Å². The van der Waals surface area contributed by atoms with E-state index in [-0.39, 0.29) is 17.8 Å². The van der Waals surface area contributed by atoms with E-state index in [2.05, 4.69) is 27.4 Å². The number of imide groups is 1. The lowest BCUT2D eigenvalue weighted by atomic mass is 9.77. The molecule has 0 unspecified atom stereocenters. The molecule has 0 aromatic heterocycles. The molecule has 2 saturated heterocycles. The molecule has 2 aliphatic heterocycles. The van der Waals surface area contributed by atoms with Crippen LogP contribution >= 0.6 is 0 Å². The number of anilines is 1. The molecule has 1 saturated carbocycles. The van der Waals surface area contributed by atoms with Crippen LogP contribution in [0.4, 0.5) is 10.5 Å². The van der Waals surface area contributed by atoms with Crippen molar-refractivity contribution in [2.75, 3.05) is 44.7 Å². The lowest BCUT2D eigenvalue weighted by Crippen LogP contribution is -2.53. The number of aryl methyl sites for hydroxylation is 2. The first kappa shape index (κ1) is 22.7. The van der Waals surface area contributed by atoms with Crippen LogP contribution in [-0.4, -0.2) is 77.5 Å². The number of para-hydroxylation sites is 1. The van der Waals surface area contributed by atoms with Crippen LogP contribution in [0.25, 0.3) is 0 Å². The summed E-state index contributed by atoms with van der Waals surface area (Å²) in [6, 6.07) is 5.71. The molecular weight excluding hydrogens is 406 g/mol. The van der Waals surface area contributed by atoms with Crippen LogP contribution in [0.1, 0.15) is 43.7 Å². The van der Waals surface area contributed by atoms with Gasteiger partial charge in [-0.3, -0.25) is 19.4 Å². The predicted molar refractivity (Wildman–Crippen MR) is 123 cm³/mol. The van der Waals surface area contributed by atoms with Gasteiger partial charge in [-0.1, -0.05) is 25.1 Å². The van der Waals surface area contributed by atoms with Crippen LogP contribution in [0, 0.1) is 19.8 Å². The summed E-state index contributed by atoms with van der Waals surface area (Å²) in [6.45, 7) is 9.75.